The van der Waals surface area contributed by atoms with Crippen LogP contribution in [0, 0.1) is 0 Å². The normalized spacial score (nSPS) is 10.3. The molecule has 5 nitrogen and oxygen atoms in total. The van der Waals surface area contributed by atoms with Crippen molar-refractivity contribution < 1.29 is 0 Å². The molecule has 2 aromatic carbocycles. The molecule has 0 unspecified atom stereocenters. The van der Waals surface area contributed by atoms with E-state index >= 15 is 0 Å². The molecule has 1 aromatic heterocycles. The number of nitrogens with zero attached hydrogens (tertiary/aromatic N) is 3. The fourth-order valence-electron chi connectivity index (χ4n) is 1.80. The zero-order valence-corrected chi connectivity index (χ0v) is 12.8. The van der Waals surface area contributed by atoms with Gasteiger partial charge in [-0.1, -0.05) is 41.4 Å². The number of hydrogen-bond donors (Lipinski definition) is 2. The first-order valence-corrected chi connectivity index (χ1v) is 7.20. The van der Waals surface area contributed by atoms with Crippen molar-refractivity contribution in [3.63, 3.8) is 0 Å². The number of aromatic nitrogens is 3. The van der Waals surface area contributed by atoms with Gasteiger partial charge in [0, 0.05) is 10.7 Å². The molecule has 3 rings (SSSR count). The molecule has 1 heterocycles. The molecular weight excluding hydrogens is 321 g/mol. The molecule has 0 aliphatic rings. The van der Waals surface area contributed by atoms with Crippen LogP contribution in [-0.4, -0.2) is 15.2 Å². The van der Waals surface area contributed by atoms with Gasteiger partial charge in [0.25, 0.3) is 0 Å². The molecule has 22 heavy (non-hydrogen) atoms. The summed E-state index contributed by atoms with van der Waals surface area (Å²) >= 11 is 12.1. The minimum absolute atomic E-state index is 0.324. The minimum atomic E-state index is 0.324. The summed E-state index contributed by atoms with van der Waals surface area (Å²) in [5.41, 5.74) is 1.53. The highest BCUT2D eigenvalue weighted by Crippen LogP contribution is 2.27. The van der Waals surface area contributed by atoms with Crippen LogP contribution in [0.25, 0.3) is 0 Å². The molecule has 0 fully saturated rings. The Hall–Kier alpha value is -2.37. The number of rotatable bonds is 4. The highest BCUT2D eigenvalue weighted by atomic mass is 35.5. The molecule has 3 aromatic rings. The summed E-state index contributed by atoms with van der Waals surface area (Å²) < 4.78 is 0. The Labute approximate surface area is 137 Å². The summed E-state index contributed by atoms with van der Waals surface area (Å²) in [6.45, 7) is 0. The van der Waals surface area contributed by atoms with E-state index in [1.54, 1.807) is 18.2 Å². The van der Waals surface area contributed by atoms with E-state index in [4.69, 9.17) is 23.2 Å². The lowest BCUT2D eigenvalue weighted by atomic mass is 10.3. The monoisotopic (exact) mass is 331 g/mol. The molecule has 2 N–H and O–H groups in total. The Morgan fingerprint density at radius 1 is 0.909 bits per heavy atom. The molecule has 0 bridgehead atoms. The van der Waals surface area contributed by atoms with Crippen LogP contribution in [0.4, 0.5) is 23.1 Å². The Balaban J connectivity index is 1.81. The third kappa shape index (κ3) is 3.63. The average Bonchev–Trinajstić information content (AvgIpc) is 2.52. The molecule has 0 amide bonds. The predicted molar refractivity (Wildman–Crippen MR) is 89.3 cm³/mol. The first-order chi connectivity index (χ1) is 10.7. The highest BCUT2D eigenvalue weighted by Gasteiger charge is 2.05. The lowest BCUT2D eigenvalue weighted by Gasteiger charge is -2.09. The Morgan fingerprint density at radius 3 is 2.55 bits per heavy atom. The summed E-state index contributed by atoms with van der Waals surface area (Å²) in [5, 5.41) is 15.1. The maximum absolute atomic E-state index is 6.10. The molecular formula is C15H11Cl2N5. The van der Waals surface area contributed by atoms with Gasteiger partial charge in [-0.25, -0.2) is 0 Å². The third-order valence-electron chi connectivity index (χ3n) is 2.78. The van der Waals surface area contributed by atoms with Crippen LogP contribution >= 0.6 is 23.2 Å². The smallest absolute Gasteiger partial charge is 0.249 e. The number of para-hydroxylation sites is 1. The van der Waals surface area contributed by atoms with Gasteiger partial charge in [0.05, 0.1) is 16.9 Å². The molecule has 7 heteroatoms. The van der Waals surface area contributed by atoms with Crippen molar-refractivity contribution in [3.05, 3.63) is 64.8 Å². The molecule has 0 saturated carbocycles. The number of hydrogen-bond acceptors (Lipinski definition) is 5. The summed E-state index contributed by atoms with van der Waals surface area (Å²) in [6.07, 6.45) is 1.54. The van der Waals surface area contributed by atoms with Crippen molar-refractivity contribution in [1.82, 2.24) is 15.2 Å². The SMILES string of the molecule is Clc1ccc(Cl)c(Nc2nncc(Nc3ccccc3)n2)c1. The van der Waals surface area contributed by atoms with E-state index in [9.17, 15) is 0 Å². The quantitative estimate of drug-likeness (QED) is 0.727. The van der Waals surface area contributed by atoms with E-state index in [1.165, 1.54) is 6.20 Å². The van der Waals surface area contributed by atoms with Gasteiger partial charge in [0.1, 0.15) is 0 Å². The van der Waals surface area contributed by atoms with E-state index in [-0.39, 0.29) is 0 Å². The van der Waals surface area contributed by atoms with E-state index in [2.05, 4.69) is 25.8 Å². The van der Waals surface area contributed by atoms with Gasteiger partial charge in [0.15, 0.2) is 5.82 Å². The zero-order chi connectivity index (χ0) is 15.4. The largest absolute Gasteiger partial charge is 0.339 e. The number of halogens is 2. The molecule has 0 saturated heterocycles. The van der Waals surface area contributed by atoms with Crippen LogP contribution in [0.2, 0.25) is 10.0 Å². The number of benzene rings is 2. The number of nitrogens with one attached hydrogen (secondary N) is 2. The molecule has 0 aliphatic carbocycles. The minimum Gasteiger partial charge on any atom is -0.339 e. The van der Waals surface area contributed by atoms with Gasteiger partial charge in [-0.2, -0.15) is 10.1 Å². The van der Waals surface area contributed by atoms with Crippen LogP contribution in [0.1, 0.15) is 0 Å². The third-order valence-corrected chi connectivity index (χ3v) is 3.34. The van der Waals surface area contributed by atoms with E-state index in [0.717, 1.165) is 5.69 Å². The van der Waals surface area contributed by atoms with Crippen LogP contribution in [0.5, 0.6) is 0 Å². The van der Waals surface area contributed by atoms with Crippen LogP contribution in [-0.2, 0) is 0 Å². The van der Waals surface area contributed by atoms with E-state index in [0.29, 0.717) is 27.5 Å². The van der Waals surface area contributed by atoms with Gasteiger partial charge >= 0.3 is 0 Å². The second kappa shape index (κ2) is 6.60. The Morgan fingerprint density at radius 2 is 1.73 bits per heavy atom. The van der Waals surface area contributed by atoms with Crippen LogP contribution in [0.15, 0.2) is 54.7 Å². The van der Waals surface area contributed by atoms with Crippen molar-refractivity contribution >= 4 is 46.3 Å². The van der Waals surface area contributed by atoms with Crippen molar-refractivity contribution in [1.29, 1.82) is 0 Å². The van der Waals surface area contributed by atoms with E-state index in [1.807, 2.05) is 30.3 Å². The van der Waals surface area contributed by atoms with Gasteiger partial charge < -0.3 is 10.6 Å². The second-order valence-corrected chi connectivity index (χ2v) is 5.25. The van der Waals surface area contributed by atoms with Crippen LogP contribution < -0.4 is 10.6 Å². The number of anilines is 4. The molecule has 0 radical (unpaired) electrons. The van der Waals surface area contributed by atoms with Crippen molar-refractivity contribution in [2.24, 2.45) is 0 Å². The van der Waals surface area contributed by atoms with Gasteiger partial charge in [-0.15, -0.1) is 5.10 Å². The van der Waals surface area contributed by atoms with E-state index < -0.39 is 0 Å². The van der Waals surface area contributed by atoms with Gasteiger partial charge in [0.2, 0.25) is 5.95 Å². The summed E-state index contributed by atoms with van der Waals surface area (Å²) in [7, 11) is 0. The topological polar surface area (TPSA) is 62.7 Å². The molecule has 0 spiro atoms. The Bertz CT molecular complexity index is 780. The molecule has 0 atom stereocenters. The fourth-order valence-corrected chi connectivity index (χ4v) is 2.14. The zero-order valence-electron chi connectivity index (χ0n) is 11.3. The molecule has 110 valence electrons. The second-order valence-electron chi connectivity index (χ2n) is 4.41. The summed E-state index contributed by atoms with van der Waals surface area (Å²) in [5.74, 6) is 0.895. The highest BCUT2D eigenvalue weighted by molar-refractivity contribution is 6.35. The van der Waals surface area contributed by atoms with Gasteiger partial charge in [-0.3, -0.25) is 0 Å². The summed E-state index contributed by atoms with van der Waals surface area (Å²) in [4.78, 5) is 4.34. The van der Waals surface area contributed by atoms with Crippen molar-refractivity contribution in [2.75, 3.05) is 10.6 Å². The molecule has 0 aliphatic heterocycles. The fraction of sp³-hybridized carbons (Fsp3) is 0. The summed E-state index contributed by atoms with van der Waals surface area (Å²) in [6, 6.07) is 14.8. The van der Waals surface area contributed by atoms with Crippen molar-refractivity contribution in [2.45, 2.75) is 0 Å². The maximum Gasteiger partial charge on any atom is 0.249 e. The first kappa shape index (κ1) is 14.6. The Kier molecular flexibility index (Phi) is 4.37. The van der Waals surface area contributed by atoms with Crippen LogP contribution in [0.3, 0.4) is 0 Å². The lowest BCUT2D eigenvalue weighted by molar-refractivity contribution is 0.982. The first-order valence-electron chi connectivity index (χ1n) is 6.44. The lowest BCUT2D eigenvalue weighted by Crippen LogP contribution is -2.02. The van der Waals surface area contributed by atoms with Crippen molar-refractivity contribution in [3.8, 4) is 0 Å². The standard InChI is InChI=1S/C15H11Cl2N5/c16-10-6-7-12(17)13(8-10)20-15-21-14(9-18-22-15)19-11-4-2-1-3-5-11/h1-9H,(H2,19,20,21,22). The van der Waals surface area contributed by atoms with Gasteiger partial charge in [-0.05, 0) is 30.3 Å². The maximum atomic E-state index is 6.10. The predicted octanol–water partition coefficient (Wildman–Crippen LogP) is 4.67. The average molecular weight is 332 g/mol.